The maximum absolute atomic E-state index is 11.2. The zero-order valence-electron chi connectivity index (χ0n) is 6.51. The molecule has 2 aromatic heterocycles. The number of fused-ring (bicyclic) bond motifs is 1. The van der Waals surface area contributed by atoms with E-state index in [-0.39, 0.29) is 21.2 Å². The van der Waals surface area contributed by atoms with Crippen LogP contribution in [-0.4, -0.2) is 9.97 Å². The third kappa shape index (κ3) is 1.40. The monoisotopic (exact) mass is 232 g/mol. The molecular formula is C7H2Cl2N2O3. The van der Waals surface area contributed by atoms with Gasteiger partial charge in [0, 0.05) is 0 Å². The Hall–Kier alpha value is -1.33. The molecule has 0 radical (unpaired) electrons. The van der Waals surface area contributed by atoms with Gasteiger partial charge in [-0.25, -0.2) is 14.6 Å². The molecule has 0 unspecified atom stereocenters. The lowest BCUT2D eigenvalue weighted by Gasteiger charge is -1.97. The molecule has 14 heavy (non-hydrogen) atoms. The van der Waals surface area contributed by atoms with Crippen molar-refractivity contribution in [2.75, 3.05) is 0 Å². The van der Waals surface area contributed by atoms with Crippen LogP contribution in [0.4, 0.5) is 0 Å². The second-order valence-electron chi connectivity index (χ2n) is 2.46. The number of nitrogens with one attached hydrogen (secondary N) is 1. The summed E-state index contributed by atoms with van der Waals surface area (Å²) in [6.07, 6.45) is 0. The molecule has 5 nitrogen and oxygen atoms in total. The average Bonchev–Trinajstić information content (AvgIpc) is 2.07. The molecule has 72 valence electrons. The van der Waals surface area contributed by atoms with Gasteiger partial charge in [-0.05, 0) is 6.07 Å². The van der Waals surface area contributed by atoms with Gasteiger partial charge < -0.3 is 4.42 Å². The molecule has 0 saturated carbocycles. The van der Waals surface area contributed by atoms with E-state index < -0.39 is 11.4 Å². The Morgan fingerprint density at radius 1 is 1.36 bits per heavy atom. The van der Waals surface area contributed by atoms with Crippen LogP contribution in [0.2, 0.25) is 10.3 Å². The van der Waals surface area contributed by atoms with E-state index in [1.807, 2.05) is 0 Å². The van der Waals surface area contributed by atoms with Crippen molar-refractivity contribution in [3.05, 3.63) is 37.3 Å². The fourth-order valence-electron chi connectivity index (χ4n) is 1.03. The Bertz CT molecular complexity index is 616. The van der Waals surface area contributed by atoms with Crippen molar-refractivity contribution < 1.29 is 4.42 Å². The minimum absolute atomic E-state index is 0.0440. The lowest BCUT2D eigenvalue weighted by Crippen LogP contribution is -2.14. The van der Waals surface area contributed by atoms with Gasteiger partial charge in [0.25, 0.3) is 0 Å². The van der Waals surface area contributed by atoms with Gasteiger partial charge in [-0.2, -0.15) is 0 Å². The van der Waals surface area contributed by atoms with Gasteiger partial charge in [0.1, 0.15) is 5.15 Å². The number of halogens is 2. The molecule has 0 aliphatic heterocycles. The largest absolute Gasteiger partial charge is 0.419 e. The molecule has 0 spiro atoms. The standard InChI is InChI=1S/C7H2Cl2N2O3/c8-3-1-2-4(5(9)10-3)11-7(13)14-6(2)12/h1H,(H,11,13). The molecule has 7 heteroatoms. The average molecular weight is 233 g/mol. The fourth-order valence-corrected chi connectivity index (χ4v) is 1.51. The third-order valence-corrected chi connectivity index (χ3v) is 2.04. The smallest absolute Gasteiger partial charge is 0.372 e. The lowest BCUT2D eigenvalue weighted by atomic mass is 10.3. The van der Waals surface area contributed by atoms with E-state index in [4.69, 9.17) is 23.2 Å². The van der Waals surface area contributed by atoms with Crippen LogP contribution in [0, 0.1) is 0 Å². The Kier molecular flexibility index (Phi) is 2.05. The number of aromatic nitrogens is 2. The first-order valence-electron chi connectivity index (χ1n) is 3.47. The summed E-state index contributed by atoms with van der Waals surface area (Å²) < 4.78 is 4.29. The van der Waals surface area contributed by atoms with Gasteiger partial charge in [0.2, 0.25) is 0 Å². The fraction of sp³-hybridized carbons (Fsp3) is 0. The van der Waals surface area contributed by atoms with Gasteiger partial charge in [0.05, 0.1) is 10.9 Å². The van der Waals surface area contributed by atoms with Crippen LogP contribution >= 0.6 is 23.2 Å². The summed E-state index contributed by atoms with van der Waals surface area (Å²) in [5, 5.41) is 0.106. The molecule has 2 aromatic rings. The number of nitrogens with zero attached hydrogens (tertiary/aromatic N) is 1. The Labute approximate surface area is 86.3 Å². The minimum Gasteiger partial charge on any atom is -0.372 e. The van der Waals surface area contributed by atoms with Crippen molar-refractivity contribution in [3.8, 4) is 0 Å². The molecule has 2 rings (SSSR count). The van der Waals surface area contributed by atoms with Crippen LogP contribution in [0.1, 0.15) is 0 Å². The van der Waals surface area contributed by atoms with E-state index in [1.54, 1.807) is 0 Å². The number of hydrogen-bond acceptors (Lipinski definition) is 4. The van der Waals surface area contributed by atoms with Crippen LogP contribution in [0.15, 0.2) is 20.1 Å². The van der Waals surface area contributed by atoms with Crippen LogP contribution in [0.5, 0.6) is 0 Å². The highest BCUT2D eigenvalue weighted by Crippen LogP contribution is 2.19. The summed E-state index contributed by atoms with van der Waals surface area (Å²) >= 11 is 11.2. The lowest BCUT2D eigenvalue weighted by molar-refractivity contribution is 0.460. The first-order chi connectivity index (χ1) is 6.58. The highest BCUT2D eigenvalue weighted by molar-refractivity contribution is 6.36. The second kappa shape index (κ2) is 3.11. The van der Waals surface area contributed by atoms with Gasteiger partial charge in [-0.3, -0.25) is 4.98 Å². The summed E-state index contributed by atoms with van der Waals surface area (Å²) in [6.45, 7) is 0. The van der Waals surface area contributed by atoms with Gasteiger partial charge in [0.15, 0.2) is 5.15 Å². The molecule has 1 N–H and O–H groups in total. The van der Waals surface area contributed by atoms with E-state index in [9.17, 15) is 9.59 Å². The molecule has 0 amide bonds. The zero-order valence-corrected chi connectivity index (χ0v) is 8.02. The maximum Gasteiger partial charge on any atom is 0.419 e. The quantitative estimate of drug-likeness (QED) is 0.693. The summed E-state index contributed by atoms with van der Waals surface area (Å²) in [7, 11) is 0. The Morgan fingerprint density at radius 2 is 2.07 bits per heavy atom. The van der Waals surface area contributed by atoms with Gasteiger partial charge in [-0.15, -0.1) is 0 Å². The zero-order chi connectivity index (χ0) is 10.3. The molecule has 0 bridgehead atoms. The molecule has 0 fully saturated rings. The summed E-state index contributed by atoms with van der Waals surface area (Å²) in [5.74, 6) is -0.881. The summed E-state index contributed by atoms with van der Waals surface area (Å²) in [6, 6.07) is 1.27. The first kappa shape index (κ1) is 9.23. The molecule has 0 saturated heterocycles. The van der Waals surface area contributed by atoms with E-state index in [1.165, 1.54) is 6.07 Å². The second-order valence-corrected chi connectivity index (χ2v) is 3.21. The van der Waals surface area contributed by atoms with E-state index in [0.29, 0.717) is 0 Å². The van der Waals surface area contributed by atoms with Crippen molar-refractivity contribution in [2.45, 2.75) is 0 Å². The molecule has 0 atom stereocenters. The van der Waals surface area contributed by atoms with Crippen LogP contribution < -0.4 is 11.4 Å². The predicted molar refractivity (Wildman–Crippen MR) is 50.9 cm³/mol. The molecule has 0 aromatic carbocycles. The number of aromatic amines is 1. The number of pyridine rings is 1. The van der Waals surface area contributed by atoms with Crippen molar-refractivity contribution in [2.24, 2.45) is 0 Å². The highest BCUT2D eigenvalue weighted by Gasteiger charge is 2.08. The topological polar surface area (TPSA) is 76.0 Å². The van der Waals surface area contributed by atoms with Crippen LogP contribution in [-0.2, 0) is 0 Å². The van der Waals surface area contributed by atoms with Crippen molar-refractivity contribution >= 4 is 34.1 Å². The number of hydrogen-bond donors (Lipinski definition) is 1. The Morgan fingerprint density at radius 3 is 2.79 bits per heavy atom. The van der Waals surface area contributed by atoms with Crippen molar-refractivity contribution in [1.82, 2.24) is 9.97 Å². The summed E-state index contributed by atoms with van der Waals surface area (Å²) in [5.41, 5.74) is -0.674. The van der Waals surface area contributed by atoms with Crippen molar-refractivity contribution in [1.29, 1.82) is 0 Å². The van der Waals surface area contributed by atoms with Gasteiger partial charge in [-0.1, -0.05) is 23.2 Å². The van der Waals surface area contributed by atoms with E-state index in [2.05, 4.69) is 14.4 Å². The van der Waals surface area contributed by atoms with Gasteiger partial charge >= 0.3 is 11.4 Å². The highest BCUT2D eigenvalue weighted by atomic mass is 35.5. The molecule has 0 aliphatic carbocycles. The Balaban J connectivity index is 3.10. The van der Waals surface area contributed by atoms with Crippen LogP contribution in [0.3, 0.4) is 0 Å². The minimum atomic E-state index is -0.881. The normalized spacial score (nSPS) is 10.7. The number of H-pyrrole nitrogens is 1. The SMILES string of the molecule is O=c1[nH]c2c(Cl)nc(Cl)cc2c(=O)o1. The number of rotatable bonds is 0. The summed E-state index contributed by atoms with van der Waals surface area (Å²) in [4.78, 5) is 27.9. The van der Waals surface area contributed by atoms with E-state index >= 15 is 0 Å². The molecule has 2 heterocycles. The molecular weight excluding hydrogens is 231 g/mol. The predicted octanol–water partition coefficient (Wildman–Crippen LogP) is 1.18. The first-order valence-corrected chi connectivity index (χ1v) is 4.22. The molecule has 0 aliphatic rings. The maximum atomic E-state index is 11.2. The van der Waals surface area contributed by atoms with Crippen molar-refractivity contribution in [3.63, 3.8) is 0 Å². The third-order valence-electron chi connectivity index (χ3n) is 1.58. The van der Waals surface area contributed by atoms with Crippen LogP contribution in [0.25, 0.3) is 10.9 Å². The van der Waals surface area contributed by atoms with E-state index in [0.717, 1.165) is 0 Å².